The molecule has 0 heterocycles. The van der Waals surface area contributed by atoms with Crippen molar-refractivity contribution >= 4 is 0 Å². The number of nitrogens with two attached hydrogens (primary N) is 1. The van der Waals surface area contributed by atoms with E-state index in [-0.39, 0.29) is 11.0 Å². The van der Waals surface area contributed by atoms with Crippen LogP contribution in [0.2, 0.25) is 0 Å². The van der Waals surface area contributed by atoms with E-state index in [1.54, 1.807) is 0 Å². The van der Waals surface area contributed by atoms with Gasteiger partial charge in [0.25, 0.3) is 0 Å². The van der Waals surface area contributed by atoms with Gasteiger partial charge in [0.15, 0.2) is 0 Å². The zero-order valence-corrected chi connectivity index (χ0v) is 10.7. The first-order valence-corrected chi connectivity index (χ1v) is 6.37. The largest absolute Gasteiger partial charge is 0.496 e. The Morgan fingerprint density at radius 3 is 2.21 bits per heavy atom. The fourth-order valence-electron chi connectivity index (χ4n) is 3.03. The lowest BCUT2D eigenvalue weighted by Gasteiger charge is -2.26. The minimum absolute atomic E-state index is 0.306. The van der Waals surface area contributed by atoms with Gasteiger partial charge >= 0.3 is 6.18 Å². The van der Waals surface area contributed by atoms with Gasteiger partial charge in [-0.25, -0.2) is 0 Å². The summed E-state index contributed by atoms with van der Waals surface area (Å²) < 4.78 is 43.8. The average molecular weight is 271 g/mol. The second kappa shape index (κ2) is 3.66. The van der Waals surface area contributed by atoms with Crippen molar-refractivity contribution in [1.29, 1.82) is 0 Å². The van der Waals surface area contributed by atoms with Crippen LogP contribution in [0.25, 0.3) is 0 Å². The van der Waals surface area contributed by atoms with Crippen molar-refractivity contribution in [2.24, 2.45) is 5.73 Å². The van der Waals surface area contributed by atoms with Crippen molar-refractivity contribution in [3.05, 3.63) is 29.3 Å². The Labute approximate surface area is 109 Å². The summed E-state index contributed by atoms with van der Waals surface area (Å²) in [5.74, 6) is 0.516. The molecule has 2 nitrogen and oxygen atoms in total. The number of alkyl halides is 3. The third-order valence-electron chi connectivity index (χ3n) is 4.53. The third-order valence-corrected chi connectivity index (χ3v) is 4.53. The first-order valence-electron chi connectivity index (χ1n) is 6.37. The number of benzene rings is 1. The first kappa shape index (κ1) is 12.8. The molecule has 2 aliphatic rings. The normalized spacial score (nSPS) is 23.0. The second-order valence-electron chi connectivity index (χ2n) is 5.65. The summed E-state index contributed by atoms with van der Waals surface area (Å²) in [4.78, 5) is 0. The Hall–Kier alpha value is -1.23. The van der Waals surface area contributed by atoms with E-state index in [1.165, 1.54) is 19.2 Å². The summed E-state index contributed by atoms with van der Waals surface area (Å²) in [6.45, 7) is 0. The summed E-state index contributed by atoms with van der Waals surface area (Å²) >= 11 is 0. The molecule has 0 atom stereocenters. The van der Waals surface area contributed by atoms with E-state index in [0.29, 0.717) is 11.3 Å². The Morgan fingerprint density at radius 2 is 1.79 bits per heavy atom. The Bertz CT molecular complexity index is 516. The number of ether oxygens (including phenoxy) is 1. The van der Waals surface area contributed by atoms with E-state index in [2.05, 4.69) is 0 Å². The molecule has 2 aliphatic carbocycles. The van der Waals surface area contributed by atoms with Crippen LogP contribution in [-0.4, -0.2) is 12.6 Å². The van der Waals surface area contributed by atoms with Crippen LogP contribution in [-0.2, 0) is 11.6 Å². The molecule has 2 N–H and O–H groups in total. The Kier molecular flexibility index (Phi) is 2.46. The van der Waals surface area contributed by atoms with Crippen molar-refractivity contribution in [3.63, 3.8) is 0 Å². The maximum absolute atomic E-state index is 12.9. The number of hydrogen-bond acceptors (Lipinski definition) is 2. The number of methoxy groups -OCH3 is 1. The number of rotatable bonds is 3. The van der Waals surface area contributed by atoms with Crippen LogP contribution in [0.3, 0.4) is 0 Å². The van der Waals surface area contributed by atoms with E-state index in [4.69, 9.17) is 10.5 Å². The van der Waals surface area contributed by atoms with Crippen molar-refractivity contribution in [1.82, 2.24) is 0 Å². The molecular weight excluding hydrogens is 255 g/mol. The summed E-state index contributed by atoms with van der Waals surface area (Å²) in [6.07, 6.45) is -0.871. The Balaban J connectivity index is 2.09. The predicted molar refractivity (Wildman–Crippen MR) is 65.1 cm³/mol. The summed E-state index contributed by atoms with van der Waals surface area (Å²) in [5, 5.41) is 0. The molecule has 0 unspecified atom stereocenters. The molecule has 0 spiro atoms. The zero-order chi connectivity index (χ0) is 13.9. The molecule has 0 amide bonds. The highest BCUT2D eigenvalue weighted by Crippen LogP contribution is 2.65. The zero-order valence-electron chi connectivity index (χ0n) is 10.7. The lowest BCUT2D eigenvalue weighted by atomic mass is 9.84. The van der Waals surface area contributed by atoms with Gasteiger partial charge in [-0.2, -0.15) is 13.2 Å². The van der Waals surface area contributed by atoms with Crippen molar-refractivity contribution in [2.45, 2.75) is 42.8 Å². The van der Waals surface area contributed by atoms with E-state index in [9.17, 15) is 13.2 Å². The molecule has 19 heavy (non-hydrogen) atoms. The van der Waals surface area contributed by atoms with Crippen LogP contribution in [0.15, 0.2) is 18.2 Å². The van der Waals surface area contributed by atoms with E-state index in [1.807, 2.05) is 0 Å². The lowest BCUT2D eigenvalue weighted by Crippen LogP contribution is -2.37. The average Bonchev–Trinajstić information content (AvgIpc) is 3.22. The molecular formula is C14H16F3NO. The van der Waals surface area contributed by atoms with E-state index >= 15 is 0 Å². The van der Waals surface area contributed by atoms with Gasteiger partial charge in [0.1, 0.15) is 5.75 Å². The molecule has 2 saturated carbocycles. The fourth-order valence-corrected chi connectivity index (χ4v) is 3.03. The monoisotopic (exact) mass is 271 g/mol. The van der Waals surface area contributed by atoms with E-state index in [0.717, 1.165) is 31.7 Å². The van der Waals surface area contributed by atoms with Crippen LogP contribution >= 0.6 is 0 Å². The van der Waals surface area contributed by atoms with Crippen molar-refractivity contribution < 1.29 is 17.9 Å². The molecule has 104 valence electrons. The number of hydrogen-bond donors (Lipinski definition) is 1. The molecule has 0 bridgehead atoms. The van der Waals surface area contributed by atoms with E-state index < -0.39 is 11.7 Å². The van der Waals surface area contributed by atoms with Crippen LogP contribution in [0.5, 0.6) is 5.75 Å². The first-order chi connectivity index (χ1) is 8.82. The third kappa shape index (κ3) is 1.83. The molecule has 0 radical (unpaired) electrons. The highest BCUT2D eigenvalue weighted by molar-refractivity contribution is 5.50. The van der Waals surface area contributed by atoms with Gasteiger partial charge in [-0.15, -0.1) is 0 Å². The fraction of sp³-hybridized carbons (Fsp3) is 0.571. The highest BCUT2D eigenvalue weighted by Gasteiger charge is 2.65. The van der Waals surface area contributed by atoms with Gasteiger partial charge in [0.05, 0.1) is 12.7 Å². The van der Waals surface area contributed by atoms with Crippen LogP contribution in [0.4, 0.5) is 13.2 Å². The van der Waals surface area contributed by atoms with Crippen LogP contribution in [0, 0.1) is 0 Å². The Morgan fingerprint density at radius 1 is 1.16 bits per heavy atom. The minimum atomic E-state index is -4.33. The number of halogens is 3. The molecule has 0 aromatic heterocycles. The molecule has 2 fully saturated rings. The summed E-state index contributed by atoms with van der Waals surface area (Å²) in [6, 6.07) is 3.69. The van der Waals surface area contributed by atoms with Gasteiger partial charge in [-0.05, 0) is 43.9 Å². The lowest BCUT2D eigenvalue weighted by molar-refractivity contribution is -0.137. The van der Waals surface area contributed by atoms with Gasteiger partial charge in [0.2, 0.25) is 0 Å². The summed E-state index contributed by atoms with van der Waals surface area (Å²) in [7, 11) is 1.48. The second-order valence-corrected chi connectivity index (χ2v) is 5.65. The van der Waals surface area contributed by atoms with Crippen LogP contribution in [0.1, 0.15) is 36.8 Å². The van der Waals surface area contributed by atoms with Crippen molar-refractivity contribution in [2.75, 3.05) is 7.11 Å². The standard InChI is InChI=1S/C14H16F3NO/c1-19-11-3-2-9(14(15,16)17)8-10(11)12(4-5-12)13(18)6-7-13/h2-3,8H,4-7,18H2,1H3. The maximum atomic E-state index is 12.9. The molecule has 1 aromatic rings. The van der Waals surface area contributed by atoms with Gasteiger partial charge in [-0.1, -0.05) is 0 Å². The quantitative estimate of drug-likeness (QED) is 0.916. The van der Waals surface area contributed by atoms with Gasteiger partial charge in [-0.3, -0.25) is 0 Å². The highest BCUT2D eigenvalue weighted by atomic mass is 19.4. The molecule has 5 heteroatoms. The maximum Gasteiger partial charge on any atom is 0.416 e. The SMILES string of the molecule is COc1ccc(C(F)(F)F)cc1C1(C2(N)CC2)CC1. The topological polar surface area (TPSA) is 35.2 Å². The van der Waals surface area contributed by atoms with Crippen molar-refractivity contribution in [3.8, 4) is 5.75 Å². The summed E-state index contributed by atoms with van der Waals surface area (Å²) in [5.41, 5.74) is 5.63. The molecule has 0 saturated heterocycles. The molecule has 3 rings (SSSR count). The smallest absolute Gasteiger partial charge is 0.416 e. The van der Waals surface area contributed by atoms with Gasteiger partial charge in [0, 0.05) is 16.5 Å². The predicted octanol–water partition coefficient (Wildman–Crippen LogP) is 3.24. The van der Waals surface area contributed by atoms with Crippen LogP contribution < -0.4 is 10.5 Å². The van der Waals surface area contributed by atoms with Gasteiger partial charge < -0.3 is 10.5 Å². The minimum Gasteiger partial charge on any atom is -0.496 e. The molecule has 1 aromatic carbocycles. The molecule has 0 aliphatic heterocycles.